The van der Waals surface area contributed by atoms with Gasteiger partial charge in [-0.1, -0.05) is 6.92 Å². The van der Waals surface area contributed by atoms with Gasteiger partial charge >= 0.3 is 0 Å². The van der Waals surface area contributed by atoms with Crippen molar-refractivity contribution in [1.29, 1.82) is 0 Å². The molecule has 0 radical (unpaired) electrons. The average molecular weight is 246 g/mol. The Hall–Kier alpha value is 0.0700. The lowest BCUT2D eigenvalue weighted by Gasteiger charge is -2.18. The minimum Gasteiger partial charge on any atom is -0.314 e. The zero-order valence-electron chi connectivity index (χ0n) is 10.7. The largest absolute Gasteiger partial charge is 0.314 e. The van der Waals surface area contributed by atoms with Crippen LogP contribution in [0.2, 0.25) is 0 Å². The highest BCUT2D eigenvalue weighted by atomic mass is 32.2. The maximum absolute atomic E-state index is 10.9. The Morgan fingerprint density at radius 3 is 2.88 bits per heavy atom. The van der Waals surface area contributed by atoms with E-state index < -0.39 is 10.8 Å². The SMILES string of the molecule is CCN1CCCC(NCCCS(C)=O)CC1. The molecule has 1 aliphatic rings. The Morgan fingerprint density at radius 1 is 1.38 bits per heavy atom. The van der Waals surface area contributed by atoms with Crippen LogP contribution in [0.1, 0.15) is 32.6 Å². The summed E-state index contributed by atoms with van der Waals surface area (Å²) in [5.41, 5.74) is 0. The molecule has 0 aromatic heterocycles. The van der Waals surface area contributed by atoms with Gasteiger partial charge in [0.1, 0.15) is 0 Å². The van der Waals surface area contributed by atoms with E-state index in [0.717, 1.165) is 18.7 Å². The van der Waals surface area contributed by atoms with Crippen molar-refractivity contribution in [2.75, 3.05) is 38.2 Å². The topological polar surface area (TPSA) is 32.3 Å². The molecule has 0 aliphatic carbocycles. The minimum atomic E-state index is -0.631. The molecule has 3 nitrogen and oxygen atoms in total. The summed E-state index contributed by atoms with van der Waals surface area (Å²) in [5, 5.41) is 3.60. The van der Waals surface area contributed by atoms with Crippen LogP contribution < -0.4 is 5.32 Å². The third-order valence-corrected chi connectivity index (χ3v) is 4.17. The van der Waals surface area contributed by atoms with E-state index >= 15 is 0 Å². The first-order valence-corrected chi connectivity index (χ1v) is 8.21. The van der Waals surface area contributed by atoms with Crippen molar-refractivity contribution in [3.8, 4) is 0 Å². The van der Waals surface area contributed by atoms with E-state index in [4.69, 9.17) is 0 Å². The summed E-state index contributed by atoms with van der Waals surface area (Å²) in [4.78, 5) is 2.53. The first-order valence-electron chi connectivity index (χ1n) is 6.48. The predicted octanol–water partition coefficient (Wildman–Crippen LogP) is 1.22. The fourth-order valence-corrected chi connectivity index (χ4v) is 2.81. The van der Waals surface area contributed by atoms with Crippen LogP contribution in [-0.4, -0.2) is 53.3 Å². The quantitative estimate of drug-likeness (QED) is 0.715. The van der Waals surface area contributed by atoms with E-state index in [-0.39, 0.29) is 0 Å². The second kappa shape index (κ2) is 8.20. The molecule has 2 unspecified atom stereocenters. The van der Waals surface area contributed by atoms with Crippen LogP contribution in [0.5, 0.6) is 0 Å². The molecule has 1 N–H and O–H groups in total. The zero-order chi connectivity index (χ0) is 11.8. The summed E-state index contributed by atoms with van der Waals surface area (Å²) in [6.07, 6.45) is 6.70. The van der Waals surface area contributed by atoms with Crippen LogP contribution in [-0.2, 0) is 10.8 Å². The van der Waals surface area contributed by atoms with Crippen LogP contribution in [0, 0.1) is 0 Å². The molecule has 0 saturated carbocycles. The van der Waals surface area contributed by atoms with Gasteiger partial charge in [0.25, 0.3) is 0 Å². The number of rotatable bonds is 6. The molecule has 1 fully saturated rings. The molecule has 4 heteroatoms. The molecule has 96 valence electrons. The zero-order valence-corrected chi connectivity index (χ0v) is 11.5. The maximum Gasteiger partial charge on any atom is 0.0244 e. The second-order valence-corrected chi connectivity index (χ2v) is 6.20. The molecule has 0 aromatic carbocycles. The fraction of sp³-hybridized carbons (Fsp3) is 1.00. The number of hydrogen-bond acceptors (Lipinski definition) is 3. The minimum absolute atomic E-state index is 0.631. The molecule has 0 amide bonds. The van der Waals surface area contributed by atoms with E-state index in [1.807, 2.05) is 0 Å². The van der Waals surface area contributed by atoms with Gasteiger partial charge in [0.2, 0.25) is 0 Å². The lowest BCUT2D eigenvalue weighted by Crippen LogP contribution is -2.32. The van der Waals surface area contributed by atoms with Crippen molar-refractivity contribution in [2.45, 2.75) is 38.6 Å². The van der Waals surface area contributed by atoms with Gasteiger partial charge in [-0.2, -0.15) is 0 Å². The third kappa shape index (κ3) is 5.97. The first kappa shape index (κ1) is 14.1. The van der Waals surface area contributed by atoms with Crippen molar-refractivity contribution < 1.29 is 4.21 Å². The van der Waals surface area contributed by atoms with E-state index in [9.17, 15) is 4.21 Å². The summed E-state index contributed by atoms with van der Waals surface area (Å²) < 4.78 is 10.9. The highest BCUT2D eigenvalue weighted by Gasteiger charge is 2.14. The van der Waals surface area contributed by atoms with Gasteiger partial charge in [-0.15, -0.1) is 0 Å². The Morgan fingerprint density at radius 2 is 2.19 bits per heavy atom. The summed E-state index contributed by atoms with van der Waals surface area (Å²) in [6.45, 7) is 6.93. The predicted molar refractivity (Wildman–Crippen MR) is 71.3 cm³/mol. The van der Waals surface area contributed by atoms with Gasteiger partial charge in [0, 0.05) is 28.9 Å². The molecule has 1 saturated heterocycles. The summed E-state index contributed by atoms with van der Waals surface area (Å²) >= 11 is 0. The number of nitrogens with one attached hydrogen (secondary N) is 1. The van der Waals surface area contributed by atoms with E-state index in [1.165, 1.54) is 38.9 Å². The van der Waals surface area contributed by atoms with Crippen LogP contribution >= 0.6 is 0 Å². The van der Waals surface area contributed by atoms with Crippen molar-refractivity contribution >= 4 is 10.8 Å². The van der Waals surface area contributed by atoms with Gasteiger partial charge in [-0.3, -0.25) is 4.21 Å². The second-order valence-electron chi connectivity index (χ2n) is 4.65. The molecular formula is C12H26N2OS. The fourth-order valence-electron chi connectivity index (χ4n) is 2.26. The third-order valence-electron chi connectivity index (χ3n) is 3.31. The molecule has 0 bridgehead atoms. The molecule has 1 aliphatic heterocycles. The van der Waals surface area contributed by atoms with Crippen LogP contribution in [0.3, 0.4) is 0 Å². The number of likely N-dealkylation sites (tertiary alicyclic amines) is 1. The van der Waals surface area contributed by atoms with Crippen molar-refractivity contribution in [1.82, 2.24) is 10.2 Å². The monoisotopic (exact) mass is 246 g/mol. The molecule has 1 heterocycles. The van der Waals surface area contributed by atoms with Crippen LogP contribution in [0.4, 0.5) is 0 Å². The molecule has 2 atom stereocenters. The standard InChI is InChI=1S/C12H26N2OS/c1-3-14-9-4-6-12(7-10-14)13-8-5-11-16(2)15/h12-13H,3-11H2,1-2H3. The van der Waals surface area contributed by atoms with E-state index in [2.05, 4.69) is 17.1 Å². The normalized spacial score (nSPS) is 25.2. The van der Waals surface area contributed by atoms with Gasteiger partial charge in [-0.25, -0.2) is 0 Å². The molecule has 0 aromatic rings. The van der Waals surface area contributed by atoms with Crippen molar-refractivity contribution in [2.24, 2.45) is 0 Å². The van der Waals surface area contributed by atoms with Crippen LogP contribution in [0.25, 0.3) is 0 Å². The Labute approximate surface area is 102 Å². The lowest BCUT2D eigenvalue weighted by molar-refractivity contribution is 0.297. The smallest absolute Gasteiger partial charge is 0.0244 e. The lowest BCUT2D eigenvalue weighted by atomic mass is 10.1. The molecular weight excluding hydrogens is 220 g/mol. The maximum atomic E-state index is 10.9. The summed E-state index contributed by atoms with van der Waals surface area (Å²) in [5.74, 6) is 0.834. The summed E-state index contributed by atoms with van der Waals surface area (Å²) in [7, 11) is -0.631. The van der Waals surface area contributed by atoms with E-state index in [1.54, 1.807) is 6.26 Å². The van der Waals surface area contributed by atoms with Gasteiger partial charge in [-0.05, 0) is 51.9 Å². The van der Waals surface area contributed by atoms with Gasteiger partial charge in [0.15, 0.2) is 0 Å². The molecule has 16 heavy (non-hydrogen) atoms. The first-order chi connectivity index (χ1) is 7.72. The van der Waals surface area contributed by atoms with Crippen LogP contribution in [0.15, 0.2) is 0 Å². The average Bonchev–Trinajstić information content (AvgIpc) is 2.49. The number of hydrogen-bond donors (Lipinski definition) is 1. The van der Waals surface area contributed by atoms with Crippen molar-refractivity contribution in [3.05, 3.63) is 0 Å². The Bertz CT molecular complexity index is 211. The number of nitrogens with zero attached hydrogens (tertiary/aromatic N) is 1. The molecule has 1 rings (SSSR count). The Balaban J connectivity index is 2.10. The summed E-state index contributed by atoms with van der Waals surface area (Å²) in [6, 6.07) is 0.682. The van der Waals surface area contributed by atoms with Gasteiger partial charge < -0.3 is 10.2 Å². The highest BCUT2D eigenvalue weighted by molar-refractivity contribution is 7.84. The Kier molecular flexibility index (Phi) is 7.25. The van der Waals surface area contributed by atoms with E-state index in [0.29, 0.717) is 6.04 Å². The van der Waals surface area contributed by atoms with Crippen molar-refractivity contribution in [3.63, 3.8) is 0 Å². The molecule has 0 spiro atoms. The van der Waals surface area contributed by atoms with Gasteiger partial charge in [0.05, 0.1) is 0 Å². The highest BCUT2D eigenvalue weighted by Crippen LogP contribution is 2.10.